The van der Waals surface area contributed by atoms with E-state index in [-0.39, 0.29) is 5.56 Å². The first-order chi connectivity index (χ1) is 17.1. The fourth-order valence-electron chi connectivity index (χ4n) is 3.41. The van der Waals surface area contributed by atoms with Crippen molar-refractivity contribution in [2.75, 3.05) is 18.6 Å². The van der Waals surface area contributed by atoms with Gasteiger partial charge in [0.1, 0.15) is 23.8 Å². The largest absolute Gasteiger partial charge is 0.489 e. The van der Waals surface area contributed by atoms with E-state index in [2.05, 4.69) is 4.98 Å². The number of nitriles is 1. The molecule has 0 fully saturated rings. The summed E-state index contributed by atoms with van der Waals surface area (Å²) in [6.07, 6.45) is -0.559. The summed E-state index contributed by atoms with van der Waals surface area (Å²) in [5.41, 5.74) is 1.57. The van der Waals surface area contributed by atoms with Crippen molar-refractivity contribution in [3.63, 3.8) is 0 Å². The molecule has 0 aliphatic carbocycles. The smallest absolute Gasteiger partial charge is 0.415 e. The summed E-state index contributed by atoms with van der Waals surface area (Å²) in [4.78, 5) is 31.5. The maximum Gasteiger partial charge on any atom is 0.415 e. The van der Waals surface area contributed by atoms with Gasteiger partial charge in [-0.15, -0.1) is 0 Å². The first-order valence-electron chi connectivity index (χ1n) is 11.5. The molecule has 0 N–H and O–H groups in total. The Morgan fingerprint density at radius 2 is 1.78 bits per heavy atom. The highest BCUT2D eigenvalue weighted by Gasteiger charge is 2.25. The van der Waals surface area contributed by atoms with Crippen LogP contribution in [0.3, 0.4) is 0 Å². The van der Waals surface area contributed by atoms with E-state index in [1.54, 1.807) is 45.0 Å². The van der Waals surface area contributed by atoms with Gasteiger partial charge in [0.05, 0.1) is 30.0 Å². The molecule has 8 nitrogen and oxygen atoms in total. The number of ether oxygens (including phenoxy) is 3. The van der Waals surface area contributed by atoms with Gasteiger partial charge in [-0.05, 0) is 45.4 Å². The number of aromatic nitrogens is 1. The van der Waals surface area contributed by atoms with Crippen LogP contribution in [0.2, 0.25) is 0 Å². The molecule has 8 heteroatoms. The summed E-state index contributed by atoms with van der Waals surface area (Å²) in [6, 6.07) is 19.7. The summed E-state index contributed by atoms with van der Waals surface area (Å²) < 4.78 is 16.6. The van der Waals surface area contributed by atoms with Gasteiger partial charge in [0.2, 0.25) is 0 Å². The van der Waals surface area contributed by atoms with Crippen LogP contribution in [0.5, 0.6) is 5.75 Å². The number of amides is 1. The van der Waals surface area contributed by atoms with E-state index < -0.39 is 17.7 Å². The molecule has 0 saturated carbocycles. The molecule has 1 amide bonds. The van der Waals surface area contributed by atoms with Crippen LogP contribution in [0, 0.1) is 11.3 Å². The van der Waals surface area contributed by atoms with Crippen LogP contribution in [0.15, 0.2) is 60.7 Å². The summed E-state index contributed by atoms with van der Waals surface area (Å²) in [6.45, 7) is 7.76. The van der Waals surface area contributed by atoms with Crippen molar-refractivity contribution in [3.05, 3.63) is 77.4 Å². The van der Waals surface area contributed by atoms with Crippen LogP contribution in [-0.2, 0) is 16.1 Å². The molecule has 0 unspecified atom stereocenters. The molecule has 3 rings (SSSR count). The number of nitrogens with zero attached hydrogens (tertiary/aromatic N) is 3. The van der Waals surface area contributed by atoms with Gasteiger partial charge in [-0.25, -0.2) is 14.6 Å². The predicted octanol–water partition coefficient (Wildman–Crippen LogP) is 5.75. The molecule has 0 saturated heterocycles. The molecule has 36 heavy (non-hydrogen) atoms. The number of carbonyl (C=O) groups excluding carboxylic acids is 2. The topological polar surface area (TPSA) is 102 Å². The number of pyridine rings is 1. The van der Waals surface area contributed by atoms with Crippen LogP contribution in [0.4, 0.5) is 10.6 Å². The average molecular weight is 488 g/mol. The van der Waals surface area contributed by atoms with Gasteiger partial charge in [-0.3, -0.25) is 4.90 Å². The molecule has 1 aromatic heterocycles. The molecular formula is C28H29N3O5. The lowest BCUT2D eigenvalue weighted by Crippen LogP contribution is -2.37. The highest BCUT2D eigenvalue weighted by Crippen LogP contribution is 2.31. The van der Waals surface area contributed by atoms with Crippen molar-refractivity contribution in [1.82, 2.24) is 4.98 Å². The van der Waals surface area contributed by atoms with E-state index in [0.717, 1.165) is 5.56 Å². The van der Waals surface area contributed by atoms with E-state index in [4.69, 9.17) is 14.2 Å². The quantitative estimate of drug-likeness (QED) is 0.391. The van der Waals surface area contributed by atoms with Gasteiger partial charge < -0.3 is 14.2 Å². The third kappa shape index (κ3) is 6.60. The van der Waals surface area contributed by atoms with Crippen molar-refractivity contribution < 1.29 is 23.8 Å². The third-order valence-electron chi connectivity index (χ3n) is 5.07. The monoisotopic (exact) mass is 487 g/mol. The Morgan fingerprint density at radius 3 is 2.39 bits per heavy atom. The number of esters is 1. The summed E-state index contributed by atoms with van der Waals surface area (Å²) in [5.74, 6) is 0.133. The summed E-state index contributed by atoms with van der Waals surface area (Å²) in [5, 5.41) is 9.31. The minimum Gasteiger partial charge on any atom is -0.489 e. The van der Waals surface area contributed by atoms with Crippen molar-refractivity contribution >= 4 is 17.9 Å². The van der Waals surface area contributed by atoms with Gasteiger partial charge in [0.15, 0.2) is 0 Å². The second-order valence-electron chi connectivity index (χ2n) is 8.91. The Kier molecular flexibility index (Phi) is 8.28. The van der Waals surface area contributed by atoms with Crippen molar-refractivity contribution in [3.8, 4) is 23.1 Å². The van der Waals surface area contributed by atoms with Crippen LogP contribution in [-0.4, -0.2) is 36.3 Å². The molecule has 0 radical (unpaired) electrons. The maximum atomic E-state index is 12.9. The molecule has 0 atom stereocenters. The van der Waals surface area contributed by atoms with E-state index >= 15 is 0 Å². The first kappa shape index (κ1) is 26.2. The minimum atomic E-state index is -0.695. The molecule has 0 aliphatic rings. The van der Waals surface area contributed by atoms with Crippen LogP contribution < -0.4 is 9.64 Å². The van der Waals surface area contributed by atoms with Crippen LogP contribution in [0.1, 0.15) is 49.2 Å². The fraction of sp³-hybridized carbons (Fsp3) is 0.286. The average Bonchev–Trinajstić information content (AvgIpc) is 2.86. The maximum absolute atomic E-state index is 12.9. The number of methoxy groups -OCH3 is 1. The van der Waals surface area contributed by atoms with Gasteiger partial charge in [0.25, 0.3) is 0 Å². The molecule has 0 bridgehead atoms. The van der Waals surface area contributed by atoms with Crippen molar-refractivity contribution in [2.45, 2.75) is 39.9 Å². The van der Waals surface area contributed by atoms with Crippen molar-refractivity contribution in [1.29, 1.82) is 5.26 Å². The SMILES string of the molecule is CCN(C(=O)OC(C)(C)C)c1cc(OCc2ccccc2)cc(-c2ccc(C#N)cc2C(=O)OC)n1. The molecule has 186 valence electrons. The Balaban J connectivity index is 2.12. The molecule has 1 heterocycles. The van der Waals surface area contributed by atoms with Crippen LogP contribution >= 0.6 is 0 Å². The zero-order valence-corrected chi connectivity index (χ0v) is 21.1. The number of hydrogen-bond donors (Lipinski definition) is 0. The lowest BCUT2D eigenvalue weighted by atomic mass is 10.0. The third-order valence-corrected chi connectivity index (χ3v) is 5.07. The van der Waals surface area contributed by atoms with Gasteiger partial charge >= 0.3 is 12.1 Å². The van der Waals surface area contributed by atoms with E-state index in [0.29, 0.717) is 41.5 Å². The summed E-state index contributed by atoms with van der Waals surface area (Å²) in [7, 11) is 1.27. The highest BCUT2D eigenvalue weighted by molar-refractivity contribution is 5.97. The Labute approximate surface area is 211 Å². The number of benzene rings is 2. The van der Waals surface area contributed by atoms with E-state index in [1.165, 1.54) is 18.1 Å². The van der Waals surface area contributed by atoms with Crippen molar-refractivity contribution in [2.24, 2.45) is 0 Å². The van der Waals surface area contributed by atoms with Gasteiger partial charge in [-0.1, -0.05) is 36.4 Å². The van der Waals surface area contributed by atoms with Crippen LogP contribution in [0.25, 0.3) is 11.3 Å². The standard InChI is InChI=1S/C28H29N3O5/c1-6-31(27(33)36-28(2,3)4)25-16-21(35-18-19-10-8-7-9-11-19)15-24(30-25)22-13-12-20(17-29)14-23(22)26(32)34-5/h7-16H,6,18H2,1-5H3. The molecule has 0 aliphatic heterocycles. The fourth-order valence-corrected chi connectivity index (χ4v) is 3.41. The Hall–Kier alpha value is -4.38. The summed E-state index contributed by atoms with van der Waals surface area (Å²) >= 11 is 0. The minimum absolute atomic E-state index is 0.176. The molecule has 3 aromatic rings. The number of carbonyl (C=O) groups is 2. The van der Waals surface area contributed by atoms with Gasteiger partial charge in [-0.2, -0.15) is 5.26 Å². The second kappa shape index (κ2) is 11.4. The molecule has 2 aromatic carbocycles. The number of anilines is 1. The second-order valence-corrected chi connectivity index (χ2v) is 8.91. The lowest BCUT2D eigenvalue weighted by Gasteiger charge is -2.26. The Morgan fingerprint density at radius 1 is 1.06 bits per heavy atom. The van der Waals surface area contributed by atoms with E-state index in [9.17, 15) is 14.9 Å². The highest BCUT2D eigenvalue weighted by atomic mass is 16.6. The number of rotatable bonds is 7. The zero-order valence-electron chi connectivity index (χ0n) is 21.1. The Bertz CT molecular complexity index is 1280. The number of hydrogen-bond acceptors (Lipinski definition) is 7. The molecule has 0 spiro atoms. The zero-order chi connectivity index (χ0) is 26.3. The normalized spacial score (nSPS) is 10.8. The predicted molar refractivity (Wildman–Crippen MR) is 136 cm³/mol. The molecular weight excluding hydrogens is 458 g/mol. The first-order valence-corrected chi connectivity index (χ1v) is 11.5. The van der Waals surface area contributed by atoms with Gasteiger partial charge in [0, 0.05) is 24.2 Å². The lowest BCUT2D eigenvalue weighted by molar-refractivity contribution is 0.0576. The van der Waals surface area contributed by atoms with E-state index in [1.807, 2.05) is 43.3 Å².